The average molecular weight is 166 g/mol. The zero-order valence-corrected chi connectivity index (χ0v) is 7.38. The van der Waals surface area contributed by atoms with Crippen molar-refractivity contribution in [1.29, 1.82) is 0 Å². The minimum Gasteiger partial charge on any atom is -0.370 e. The zero-order chi connectivity index (χ0) is 8.55. The molecule has 2 rings (SSSR count). The summed E-state index contributed by atoms with van der Waals surface area (Å²) in [4.78, 5) is 11.2. The first-order valence-corrected chi connectivity index (χ1v) is 4.61. The smallest absolute Gasteiger partial charge is 0.138 e. The van der Waals surface area contributed by atoms with Gasteiger partial charge in [-0.25, -0.2) is 0 Å². The lowest BCUT2D eigenvalue weighted by Crippen LogP contribution is -2.29. The first kappa shape index (κ1) is 7.99. The highest BCUT2D eigenvalue weighted by Gasteiger charge is 2.25. The first-order chi connectivity index (χ1) is 5.74. The van der Waals surface area contributed by atoms with Crippen LogP contribution in [-0.2, 0) is 9.53 Å². The van der Waals surface area contributed by atoms with Crippen molar-refractivity contribution in [2.75, 3.05) is 0 Å². The Bertz CT molecular complexity index is 224. The normalized spacial score (nSPS) is 35.1. The summed E-state index contributed by atoms with van der Waals surface area (Å²) in [6, 6.07) is 0. The second-order valence-electron chi connectivity index (χ2n) is 3.76. The number of ether oxygens (including phenoxy) is 1. The highest BCUT2D eigenvalue weighted by Crippen LogP contribution is 2.30. The molecule has 1 aliphatic heterocycles. The highest BCUT2D eigenvalue weighted by molar-refractivity contribution is 5.80. The van der Waals surface area contributed by atoms with Gasteiger partial charge in [0.15, 0.2) is 0 Å². The molecule has 0 bridgehead atoms. The molecule has 2 atom stereocenters. The van der Waals surface area contributed by atoms with Crippen LogP contribution in [0.25, 0.3) is 0 Å². The summed E-state index contributed by atoms with van der Waals surface area (Å²) in [7, 11) is 0. The molecule has 2 fully saturated rings. The molecule has 0 unspecified atom stereocenters. The number of allylic oxidation sites excluding steroid dienone is 1. The van der Waals surface area contributed by atoms with Gasteiger partial charge in [-0.3, -0.25) is 4.79 Å². The van der Waals surface area contributed by atoms with E-state index < -0.39 is 0 Å². The molecule has 0 aromatic rings. The first-order valence-electron chi connectivity index (χ1n) is 4.61. The van der Waals surface area contributed by atoms with Crippen LogP contribution in [0.3, 0.4) is 0 Å². The predicted octanol–water partition coefficient (Wildman–Crippen LogP) is 1.84. The number of rotatable bonds is 1. The summed E-state index contributed by atoms with van der Waals surface area (Å²) in [6.07, 6.45) is 5.94. The van der Waals surface area contributed by atoms with Crippen LogP contribution >= 0.6 is 0 Å². The Hall–Kier alpha value is -0.630. The molecule has 1 heterocycles. The summed E-state index contributed by atoms with van der Waals surface area (Å²) in [5.74, 6) is 0.344. The van der Waals surface area contributed by atoms with Crippen LogP contribution in [0.15, 0.2) is 11.6 Å². The van der Waals surface area contributed by atoms with Gasteiger partial charge in [-0.05, 0) is 19.8 Å². The molecule has 2 aliphatic rings. The third-order valence-electron chi connectivity index (χ3n) is 2.31. The molecule has 1 aliphatic carbocycles. The second kappa shape index (κ2) is 3.02. The van der Waals surface area contributed by atoms with E-state index in [-0.39, 0.29) is 12.2 Å². The van der Waals surface area contributed by atoms with Crippen LogP contribution in [0.1, 0.15) is 32.6 Å². The Balaban J connectivity index is 1.96. The van der Waals surface area contributed by atoms with E-state index in [1.807, 2.05) is 6.92 Å². The van der Waals surface area contributed by atoms with E-state index in [9.17, 15) is 4.79 Å². The molecule has 1 saturated carbocycles. The number of hydrogen-bond donors (Lipinski definition) is 0. The fourth-order valence-corrected chi connectivity index (χ4v) is 1.62. The molecule has 0 amide bonds. The van der Waals surface area contributed by atoms with E-state index in [1.54, 1.807) is 0 Å². The van der Waals surface area contributed by atoms with Crippen LogP contribution in [-0.4, -0.2) is 18.0 Å². The summed E-state index contributed by atoms with van der Waals surface area (Å²) < 4.78 is 5.61. The lowest BCUT2D eigenvalue weighted by atomic mass is 10.0. The number of ketones is 1. The van der Waals surface area contributed by atoms with Crippen LogP contribution in [0.2, 0.25) is 0 Å². The van der Waals surface area contributed by atoms with Crippen molar-refractivity contribution in [1.82, 2.24) is 0 Å². The Morgan fingerprint density at radius 1 is 1.42 bits per heavy atom. The third-order valence-corrected chi connectivity index (χ3v) is 2.31. The lowest BCUT2D eigenvalue weighted by Gasteiger charge is -2.24. The van der Waals surface area contributed by atoms with Gasteiger partial charge in [0.25, 0.3) is 0 Å². The summed E-state index contributed by atoms with van der Waals surface area (Å²) in [5.41, 5.74) is 1.46. The van der Waals surface area contributed by atoms with Gasteiger partial charge in [0.2, 0.25) is 0 Å². The summed E-state index contributed by atoms with van der Waals surface area (Å²) in [5, 5.41) is 0. The molecule has 1 saturated heterocycles. The van der Waals surface area contributed by atoms with Crippen molar-refractivity contribution in [3.63, 3.8) is 0 Å². The van der Waals surface area contributed by atoms with Gasteiger partial charge in [0.1, 0.15) is 5.78 Å². The van der Waals surface area contributed by atoms with Gasteiger partial charge in [-0.2, -0.15) is 0 Å². The SMILES string of the molecule is C[C@H]1CC(=O)C[C@H](C=C2CC2)O1. The number of hydrogen-bond acceptors (Lipinski definition) is 2. The molecule has 12 heavy (non-hydrogen) atoms. The second-order valence-corrected chi connectivity index (χ2v) is 3.76. The monoisotopic (exact) mass is 166 g/mol. The maximum atomic E-state index is 11.2. The Morgan fingerprint density at radius 3 is 2.75 bits per heavy atom. The van der Waals surface area contributed by atoms with E-state index in [4.69, 9.17) is 4.74 Å². The van der Waals surface area contributed by atoms with Crippen LogP contribution < -0.4 is 0 Å². The molecule has 0 aromatic carbocycles. The summed E-state index contributed by atoms with van der Waals surface area (Å²) in [6.45, 7) is 1.97. The molecule has 0 spiro atoms. The zero-order valence-electron chi connectivity index (χ0n) is 7.38. The van der Waals surface area contributed by atoms with Crippen molar-refractivity contribution < 1.29 is 9.53 Å². The average Bonchev–Trinajstić information content (AvgIpc) is 2.68. The maximum absolute atomic E-state index is 11.2. The van der Waals surface area contributed by atoms with E-state index in [2.05, 4.69) is 6.08 Å². The van der Waals surface area contributed by atoms with Crippen molar-refractivity contribution >= 4 is 5.78 Å². The Morgan fingerprint density at radius 2 is 2.17 bits per heavy atom. The minimum atomic E-state index is 0.0822. The minimum absolute atomic E-state index is 0.0822. The topological polar surface area (TPSA) is 26.3 Å². The number of Topliss-reactive ketones (excluding diaryl/α,β-unsaturated/α-hetero) is 1. The predicted molar refractivity (Wildman–Crippen MR) is 45.9 cm³/mol. The molecule has 66 valence electrons. The number of carbonyl (C=O) groups is 1. The van der Waals surface area contributed by atoms with Gasteiger partial charge in [-0.1, -0.05) is 11.6 Å². The van der Waals surface area contributed by atoms with Gasteiger partial charge >= 0.3 is 0 Å². The fraction of sp³-hybridized carbons (Fsp3) is 0.700. The fourth-order valence-electron chi connectivity index (χ4n) is 1.62. The van der Waals surface area contributed by atoms with E-state index in [0.29, 0.717) is 18.6 Å². The van der Waals surface area contributed by atoms with E-state index in [0.717, 1.165) is 0 Å². The van der Waals surface area contributed by atoms with Crippen molar-refractivity contribution in [3.05, 3.63) is 11.6 Å². The molecule has 2 nitrogen and oxygen atoms in total. The summed E-state index contributed by atoms with van der Waals surface area (Å²) >= 11 is 0. The van der Waals surface area contributed by atoms with Crippen molar-refractivity contribution in [3.8, 4) is 0 Å². The van der Waals surface area contributed by atoms with Crippen molar-refractivity contribution in [2.45, 2.75) is 44.8 Å². The van der Waals surface area contributed by atoms with Gasteiger partial charge < -0.3 is 4.74 Å². The lowest BCUT2D eigenvalue weighted by molar-refractivity contribution is -0.131. The van der Waals surface area contributed by atoms with Crippen molar-refractivity contribution in [2.24, 2.45) is 0 Å². The van der Waals surface area contributed by atoms with Gasteiger partial charge in [-0.15, -0.1) is 0 Å². The largest absolute Gasteiger partial charge is 0.370 e. The molecular weight excluding hydrogens is 152 g/mol. The molecule has 0 radical (unpaired) electrons. The molecule has 2 heteroatoms. The Kier molecular flexibility index (Phi) is 2.01. The van der Waals surface area contributed by atoms with Crippen LogP contribution in [0, 0.1) is 0 Å². The number of carbonyl (C=O) groups excluding carboxylic acids is 1. The van der Waals surface area contributed by atoms with E-state index in [1.165, 1.54) is 18.4 Å². The standard InChI is InChI=1S/C10H14O2/c1-7-4-9(11)6-10(12-7)5-8-2-3-8/h5,7,10H,2-4,6H2,1H3/t7-,10-/m0/s1. The maximum Gasteiger partial charge on any atom is 0.138 e. The van der Waals surface area contributed by atoms with Gasteiger partial charge in [0, 0.05) is 12.8 Å². The third kappa shape index (κ3) is 1.95. The Labute approximate surface area is 72.6 Å². The van der Waals surface area contributed by atoms with Gasteiger partial charge in [0.05, 0.1) is 12.2 Å². The van der Waals surface area contributed by atoms with E-state index >= 15 is 0 Å². The van der Waals surface area contributed by atoms with Crippen LogP contribution in [0.5, 0.6) is 0 Å². The molecule has 0 aromatic heterocycles. The quantitative estimate of drug-likeness (QED) is 0.555. The highest BCUT2D eigenvalue weighted by atomic mass is 16.5. The molecule has 0 N–H and O–H groups in total. The molecular formula is C10H14O2. The van der Waals surface area contributed by atoms with Crippen LogP contribution in [0.4, 0.5) is 0 Å².